The van der Waals surface area contributed by atoms with Gasteiger partial charge in [0, 0.05) is 17.8 Å². The van der Waals surface area contributed by atoms with E-state index in [0.29, 0.717) is 6.42 Å². The third kappa shape index (κ3) is 12.8. The fraction of sp³-hybridized carbons (Fsp3) is 0.462. The molecule has 3 aromatic rings. The number of methoxy groups -OCH3 is 1. The molecule has 3 rings (SSSR count). The van der Waals surface area contributed by atoms with Crippen molar-refractivity contribution in [1.29, 1.82) is 0 Å². The molecule has 0 spiro atoms. The first-order valence-corrected chi connectivity index (χ1v) is 17.1. The molecular weight excluding hydrogens is 650 g/mol. The summed E-state index contributed by atoms with van der Waals surface area (Å²) in [6.45, 7) is 10.0. The minimum Gasteiger partial charge on any atom is -0.453 e. The molecule has 0 aliphatic rings. The van der Waals surface area contributed by atoms with Crippen molar-refractivity contribution in [3.05, 3.63) is 90.1 Å². The number of hydrogen-bond acceptors (Lipinski definition) is 8. The average molecular weight is 704 g/mol. The number of aliphatic hydroxyl groups excluding tert-OH is 2. The number of nitrogens with one attached hydrogen (secondary N) is 4. The molecule has 0 fully saturated rings. The molecule has 1 aromatic heterocycles. The lowest BCUT2D eigenvalue weighted by Crippen LogP contribution is -2.59. The van der Waals surface area contributed by atoms with Gasteiger partial charge in [0.05, 0.1) is 24.9 Å². The summed E-state index contributed by atoms with van der Waals surface area (Å²) in [6.07, 6.45) is 0.418. The third-order valence-electron chi connectivity index (χ3n) is 8.51. The zero-order valence-corrected chi connectivity index (χ0v) is 30.6. The first-order valence-electron chi connectivity index (χ1n) is 17.1. The van der Waals surface area contributed by atoms with Gasteiger partial charge >= 0.3 is 6.09 Å². The van der Waals surface area contributed by atoms with Crippen LogP contribution >= 0.6 is 0 Å². The Labute approximate surface area is 300 Å². The molecule has 0 unspecified atom stereocenters. The van der Waals surface area contributed by atoms with Crippen molar-refractivity contribution >= 4 is 23.8 Å². The van der Waals surface area contributed by atoms with Crippen LogP contribution in [0.5, 0.6) is 0 Å². The lowest BCUT2D eigenvalue weighted by molar-refractivity contribution is -0.133. The van der Waals surface area contributed by atoms with Crippen molar-refractivity contribution < 1.29 is 34.1 Å². The summed E-state index contributed by atoms with van der Waals surface area (Å²) in [5.74, 6) is -1.68. The SMILES string of the molecule is COC(=O)N[C@H](C(=O)N[C@@H](Cc1ccc(-c2ccccn2)cc1)C[C@H](O)[C@H](Cc1ccccc1)NC(=O)[C@@H](NC(=O)CO)C(C)(C)C)C(C)(C)C. The minimum absolute atomic E-state index is 0.0315. The van der Waals surface area contributed by atoms with Gasteiger partial charge in [-0.05, 0) is 53.4 Å². The van der Waals surface area contributed by atoms with Crippen LogP contribution in [0.25, 0.3) is 11.3 Å². The maximum absolute atomic E-state index is 13.8. The number of carbonyl (C=O) groups excluding carboxylic acids is 4. The first kappa shape index (κ1) is 40.6. The molecule has 276 valence electrons. The molecule has 6 N–H and O–H groups in total. The standard InChI is InChI=1S/C39H53N5O7/c1-38(2,3)33(43-32(47)24-45)36(49)42-30(22-25-13-9-8-10-14-25)31(46)23-28(41-35(48)34(39(4,5)6)44-37(50)51-7)21-26-16-18-27(19-17-26)29-15-11-12-20-40-29/h8-20,28,30-31,33-34,45-46H,21-24H2,1-7H3,(H,41,48)(H,42,49)(H,43,47)(H,44,50)/t28-,30-,31-,33+,34+/m0/s1. The Balaban J connectivity index is 1.96. The quantitative estimate of drug-likeness (QED) is 0.139. The summed E-state index contributed by atoms with van der Waals surface area (Å²) in [5.41, 5.74) is 2.06. The van der Waals surface area contributed by atoms with Gasteiger partial charge in [0.2, 0.25) is 17.7 Å². The number of alkyl carbamates (subject to hydrolysis) is 1. The van der Waals surface area contributed by atoms with Gasteiger partial charge in [-0.2, -0.15) is 0 Å². The van der Waals surface area contributed by atoms with E-state index in [9.17, 15) is 29.4 Å². The molecule has 0 saturated heterocycles. The fourth-order valence-corrected chi connectivity index (χ4v) is 5.71. The number of benzene rings is 2. The topological polar surface area (TPSA) is 179 Å². The zero-order valence-electron chi connectivity index (χ0n) is 30.6. The molecule has 5 atom stereocenters. The number of rotatable bonds is 15. The van der Waals surface area contributed by atoms with Gasteiger partial charge in [-0.15, -0.1) is 0 Å². The number of nitrogens with zero attached hydrogens (tertiary/aromatic N) is 1. The predicted molar refractivity (Wildman–Crippen MR) is 195 cm³/mol. The molecule has 1 heterocycles. The smallest absolute Gasteiger partial charge is 0.407 e. The number of amides is 4. The van der Waals surface area contributed by atoms with Crippen LogP contribution in [0.2, 0.25) is 0 Å². The second-order valence-electron chi connectivity index (χ2n) is 14.9. The van der Waals surface area contributed by atoms with E-state index >= 15 is 0 Å². The second-order valence-corrected chi connectivity index (χ2v) is 14.9. The van der Waals surface area contributed by atoms with Gasteiger partial charge in [0.25, 0.3) is 0 Å². The summed E-state index contributed by atoms with van der Waals surface area (Å²) in [4.78, 5) is 56.3. The molecular formula is C39H53N5O7. The number of carbonyl (C=O) groups is 4. The van der Waals surface area contributed by atoms with Gasteiger partial charge < -0.3 is 36.2 Å². The fourth-order valence-electron chi connectivity index (χ4n) is 5.71. The van der Waals surface area contributed by atoms with E-state index in [2.05, 4.69) is 26.3 Å². The highest BCUT2D eigenvalue weighted by atomic mass is 16.5. The maximum atomic E-state index is 13.8. The lowest BCUT2D eigenvalue weighted by atomic mass is 9.85. The molecule has 0 saturated carbocycles. The van der Waals surface area contributed by atoms with Crippen LogP contribution in [0, 0.1) is 10.8 Å². The second kappa shape index (κ2) is 18.4. The van der Waals surface area contributed by atoms with Crippen molar-refractivity contribution in [3.63, 3.8) is 0 Å². The number of hydrogen-bond donors (Lipinski definition) is 6. The van der Waals surface area contributed by atoms with Crippen LogP contribution < -0.4 is 21.3 Å². The van der Waals surface area contributed by atoms with Gasteiger partial charge in [0.1, 0.15) is 18.7 Å². The average Bonchev–Trinajstić information content (AvgIpc) is 3.08. The summed E-state index contributed by atoms with van der Waals surface area (Å²) in [5, 5.41) is 32.5. The largest absolute Gasteiger partial charge is 0.453 e. The van der Waals surface area contributed by atoms with E-state index in [-0.39, 0.29) is 12.8 Å². The van der Waals surface area contributed by atoms with Crippen LogP contribution in [0.1, 0.15) is 59.1 Å². The predicted octanol–water partition coefficient (Wildman–Crippen LogP) is 3.55. The minimum atomic E-state index is -1.16. The molecule has 4 amide bonds. The van der Waals surface area contributed by atoms with Crippen LogP contribution in [-0.4, -0.2) is 83.0 Å². The Morgan fingerprint density at radius 3 is 1.84 bits per heavy atom. The Hall–Kier alpha value is -4.81. The number of ether oxygens (including phenoxy) is 1. The van der Waals surface area contributed by atoms with Crippen LogP contribution in [0.4, 0.5) is 4.79 Å². The number of aromatic nitrogens is 1. The molecule has 0 radical (unpaired) electrons. The molecule has 12 heteroatoms. The Morgan fingerprint density at radius 1 is 0.725 bits per heavy atom. The normalized spacial score (nSPS) is 14.6. The summed E-state index contributed by atoms with van der Waals surface area (Å²) < 4.78 is 4.78. The molecule has 0 bridgehead atoms. The van der Waals surface area contributed by atoms with E-state index in [0.717, 1.165) is 22.4 Å². The van der Waals surface area contributed by atoms with E-state index < -0.39 is 71.5 Å². The molecule has 12 nitrogen and oxygen atoms in total. The van der Waals surface area contributed by atoms with Crippen LogP contribution in [-0.2, 0) is 32.0 Å². The highest BCUT2D eigenvalue weighted by Gasteiger charge is 2.37. The maximum Gasteiger partial charge on any atom is 0.407 e. The highest BCUT2D eigenvalue weighted by Crippen LogP contribution is 2.24. The Kier molecular flexibility index (Phi) is 14.7. The number of pyridine rings is 1. The Morgan fingerprint density at radius 2 is 1.29 bits per heavy atom. The Bertz CT molecular complexity index is 1570. The monoisotopic (exact) mass is 703 g/mol. The van der Waals surface area contributed by atoms with Crippen molar-refractivity contribution in [1.82, 2.24) is 26.3 Å². The van der Waals surface area contributed by atoms with Gasteiger partial charge in [-0.1, -0.05) is 102 Å². The van der Waals surface area contributed by atoms with E-state index in [1.807, 2.05) is 93.6 Å². The lowest BCUT2D eigenvalue weighted by Gasteiger charge is -2.35. The van der Waals surface area contributed by atoms with Crippen molar-refractivity contribution in [3.8, 4) is 11.3 Å². The molecule has 0 aliphatic carbocycles. The van der Waals surface area contributed by atoms with Crippen LogP contribution in [0.15, 0.2) is 79.0 Å². The van der Waals surface area contributed by atoms with Gasteiger partial charge in [0.15, 0.2) is 0 Å². The van der Waals surface area contributed by atoms with Crippen molar-refractivity contribution in [2.24, 2.45) is 10.8 Å². The van der Waals surface area contributed by atoms with E-state index in [4.69, 9.17) is 4.74 Å². The number of aliphatic hydroxyl groups is 2. The van der Waals surface area contributed by atoms with Crippen LogP contribution in [0.3, 0.4) is 0 Å². The molecule has 0 aliphatic heterocycles. The zero-order chi connectivity index (χ0) is 37.8. The molecule has 51 heavy (non-hydrogen) atoms. The van der Waals surface area contributed by atoms with Crippen molar-refractivity contribution in [2.45, 2.75) is 91.1 Å². The van der Waals surface area contributed by atoms with Crippen molar-refractivity contribution in [2.75, 3.05) is 13.7 Å². The summed E-state index contributed by atoms with van der Waals surface area (Å²) in [7, 11) is 1.22. The van der Waals surface area contributed by atoms with Gasteiger partial charge in [-0.25, -0.2) is 4.79 Å². The highest BCUT2D eigenvalue weighted by molar-refractivity contribution is 5.89. The first-order chi connectivity index (χ1) is 24.0. The molecule has 2 aromatic carbocycles. The summed E-state index contributed by atoms with van der Waals surface area (Å²) in [6, 6.07) is 19.3. The van der Waals surface area contributed by atoms with E-state index in [1.54, 1.807) is 27.0 Å². The van der Waals surface area contributed by atoms with Gasteiger partial charge in [-0.3, -0.25) is 19.4 Å². The summed E-state index contributed by atoms with van der Waals surface area (Å²) >= 11 is 0. The third-order valence-corrected chi connectivity index (χ3v) is 8.51. The van der Waals surface area contributed by atoms with E-state index in [1.165, 1.54) is 7.11 Å².